The van der Waals surface area contributed by atoms with Gasteiger partial charge in [-0.1, -0.05) is 0 Å². The predicted molar refractivity (Wildman–Crippen MR) is 58.6 cm³/mol. The average molecular weight is 247 g/mol. The molecule has 4 nitrogen and oxygen atoms in total. The van der Waals surface area contributed by atoms with Gasteiger partial charge in [-0.25, -0.2) is 13.4 Å². The number of nitrogens with zero attached hydrogens (tertiary/aromatic N) is 1. The lowest BCUT2D eigenvalue weighted by atomic mass is 10.3. The van der Waals surface area contributed by atoms with Crippen LogP contribution in [0.15, 0.2) is 11.6 Å². The Morgan fingerprint density at radius 1 is 1.60 bits per heavy atom. The van der Waals surface area contributed by atoms with E-state index in [0.29, 0.717) is 11.6 Å². The summed E-state index contributed by atoms with van der Waals surface area (Å²) in [5.74, 6) is 0.178. The van der Waals surface area contributed by atoms with Gasteiger partial charge in [-0.05, 0) is 12.8 Å². The van der Waals surface area contributed by atoms with E-state index in [1.807, 2.05) is 0 Å². The Kier molecular flexibility index (Phi) is 3.38. The molecule has 0 aliphatic carbocycles. The molecule has 84 valence electrons. The number of aromatic nitrogens is 1. The van der Waals surface area contributed by atoms with Crippen molar-refractivity contribution in [1.82, 2.24) is 4.98 Å². The molecule has 0 bridgehead atoms. The van der Waals surface area contributed by atoms with Crippen LogP contribution in [0.1, 0.15) is 17.8 Å². The molecule has 0 aromatic carbocycles. The van der Waals surface area contributed by atoms with Gasteiger partial charge >= 0.3 is 0 Å². The van der Waals surface area contributed by atoms with Gasteiger partial charge < -0.3 is 4.74 Å². The number of hydrogen-bond acceptors (Lipinski definition) is 5. The summed E-state index contributed by atoms with van der Waals surface area (Å²) in [5.41, 5.74) is 0. The second-order valence-corrected chi connectivity index (χ2v) is 6.70. The summed E-state index contributed by atoms with van der Waals surface area (Å²) in [7, 11) is -3.07. The molecule has 1 aromatic heterocycles. The standard InChI is InChI=1S/C9H13NO3S2/c11-15(12,6-8-2-1-4-13-8)7-9-10-3-5-14-9/h3,5,8H,1-2,4,6-7H2/t8-/m0/s1. The molecule has 1 aliphatic heterocycles. The van der Waals surface area contributed by atoms with Gasteiger partial charge in [0.25, 0.3) is 0 Å². The van der Waals surface area contributed by atoms with Crippen molar-refractivity contribution in [3.8, 4) is 0 Å². The van der Waals surface area contributed by atoms with Crippen LogP contribution in [0.25, 0.3) is 0 Å². The molecule has 0 amide bonds. The monoisotopic (exact) mass is 247 g/mol. The number of rotatable bonds is 4. The highest BCUT2D eigenvalue weighted by atomic mass is 32.2. The van der Waals surface area contributed by atoms with E-state index in [4.69, 9.17) is 4.74 Å². The van der Waals surface area contributed by atoms with E-state index in [1.165, 1.54) is 11.3 Å². The van der Waals surface area contributed by atoms with Crippen molar-refractivity contribution >= 4 is 21.2 Å². The number of thiazole rings is 1. The first-order chi connectivity index (χ1) is 7.16. The summed E-state index contributed by atoms with van der Waals surface area (Å²) in [6.45, 7) is 0.692. The molecule has 1 atom stereocenters. The highest BCUT2D eigenvalue weighted by molar-refractivity contribution is 7.90. The van der Waals surface area contributed by atoms with Crippen molar-refractivity contribution in [3.63, 3.8) is 0 Å². The molecule has 0 spiro atoms. The number of hydrogen-bond donors (Lipinski definition) is 0. The van der Waals surface area contributed by atoms with Crippen LogP contribution >= 0.6 is 11.3 Å². The fourth-order valence-corrected chi connectivity index (χ4v) is 4.24. The van der Waals surface area contributed by atoms with Gasteiger partial charge in [-0.15, -0.1) is 11.3 Å². The molecular formula is C9H13NO3S2. The van der Waals surface area contributed by atoms with Crippen LogP contribution in [-0.4, -0.2) is 31.9 Å². The van der Waals surface area contributed by atoms with Gasteiger partial charge in [-0.3, -0.25) is 0 Å². The highest BCUT2D eigenvalue weighted by Crippen LogP contribution is 2.17. The van der Waals surface area contributed by atoms with E-state index < -0.39 is 9.84 Å². The lowest BCUT2D eigenvalue weighted by Gasteiger charge is -2.08. The lowest BCUT2D eigenvalue weighted by molar-refractivity contribution is 0.127. The maximum Gasteiger partial charge on any atom is 0.159 e. The van der Waals surface area contributed by atoms with E-state index in [0.717, 1.165) is 12.8 Å². The molecule has 2 rings (SSSR count). The van der Waals surface area contributed by atoms with E-state index in [1.54, 1.807) is 11.6 Å². The van der Waals surface area contributed by atoms with E-state index in [2.05, 4.69) is 4.98 Å². The predicted octanol–water partition coefficient (Wildman–Crippen LogP) is 1.24. The van der Waals surface area contributed by atoms with Crippen LogP contribution in [0.2, 0.25) is 0 Å². The van der Waals surface area contributed by atoms with Gasteiger partial charge in [0.2, 0.25) is 0 Å². The van der Waals surface area contributed by atoms with Crippen LogP contribution in [0.5, 0.6) is 0 Å². The maximum absolute atomic E-state index is 11.7. The topological polar surface area (TPSA) is 56.3 Å². The summed E-state index contributed by atoms with van der Waals surface area (Å²) in [4.78, 5) is 3.97. The Morgan fingerprint density at radius 3 is 3.07 bits per heavy atom. The molecule has 0 radical (unpaired) electrons. The largest absolute Gasteiger partial charge is 0.377 e. The van der Waals surface area contributed by atoms with Gasteiger partial charge in [0.05, 0.1) is 11.9 Å². The first kappa shape index (κ1) is 11.0. The quantitative estimate of drug-likeness (QED) is 0.803. The van der Waals surface area contributed by atoms with Gasteiger partial charge in [0.15, 0.2) is 9.84 Å². The summed E-state index contributed by atoms with van der Waals surface area (Å²) in [6, 6.07) is 0. The molecule has 0 saturated carbocycles. The fourth-order valence-electron chi connectivity index (χ4n) is 1.63. The lowest BCUT2D eigenvalue weighted by Crippen LogP contribution is -2.21. The molecule has 1 saturated heterocycles. The third kappa shape index (κ3) is 3.25. The van der Waals surface area contributed by atoms with Gasteiger partial charge in [0.1, 0.15) is 10.8 Å². The Bertz CT molecular complexity index is 393. The van der Waals surface area contributed by atoms with Crippen LogP contribution < -0.4 is 0 Å². The molecule has 15 heavy (non-hydrogen) atoms. The molecule has 2 heterocycles. The molecule has 0 N–H and O–H groups in total. The minimum absolute atomic E-state index is 0.0462. The first-order valence-corrected chi connectivity index (χ1v) is 7.56. The third-order valence-corrected chi connectivity index (χ3v) is 4.85. The van der Waals surface area contributed by atoms with Gasteiger partial charge in [0, 0.05) is 18.2 Å². The molecule has 1 fully saturated rings. The minimum Gasteiger partial charge on any atom is -0.377 e. The van der Waals surface area contributed by atoms with Crippen molar-refractivity contribution < 1.29 is 13.2 Å². The van der Waals surface area contributed by atoms with Crippen LogP contribution in [0.4, 0.5) is 0 Å². The van der Waals surface area contributed by atoms with Gasteiger partial charge in [-0.2, -0.15) is 0 Å². The van der Waals surface area contributed by atoms with Crippen LogP contribution in [0.3, 0.4) is 0 Å². The molecular weight excluding hydrogens is 234 g/mol. The smallest absolute Gasteiger partial charge is 0.159 e. The van der Waals surface area contributed by atoms with Crippen molar-refractivity contribution in [2.24, 2.45) is 0 Å². The highest BCUT2D eigenvalue weighted by Gasteiger charge is 2.24. The Balaban J connectivity index is 1.94. The molecule has 6 heteroatoms. The summed E-state index contributed by atoms with van der Waals surface area (Å²) in [6.07, 6.45) is 3.35. The number of sulfone groups is 1. The summed E-state index contributed by atoms with van der Waals surface area (Å²) < 4.78 is 28.8. The normalized spacial score (nSPS) is 22.0. The second-order valence-electron chi connectivity index (χ2n) is 3.62. The first-order valence-electron chi connectivity index (χ1n) is 4.86. The summed E-state index contributed by atoms with van der Waals surface area (Å²) in [5, 5.41) is 2.45. The van der Waals surface area contributed by atoms with Crippen LogP contribution in [0, 0.1) is 0 Å². The van der Waals surface area contributed by atoms with Crippen molar-refractivity contribution in [3.05, 3.63) is 16.6 Å². The van der Waals surface area contributed by atoms with Crippen LogP contribution in [-0.2, 0) is 20.3 Å². The zero-order valence-electron chi connectivity index (χ0n) is 8.26. The Hall–Kier alpha value is -0.460. The minimum atomic E-state index is -3.07. The maximum atomic E-state index is 11.7. The SMILES string of the molecule is O=S(=O)(Cc1nccs1)C[C@@H]1CCCO1. The van der Waals surface area contributed by atoms with E-state index in [9.17, 15) is 8.42 Å². The van der Waals surface area contributed by atoms with E-state index in [-0.39, 0.29) is 17.6 Å². The molecule has 0 unspecified atom stereocenters. The second kappa shape index (κ2) is 4.59. The third-order valence-electron chi connectivity index (χ3n) is 2.29. The Labute approximate surface area is 93.2 Å². The zero-order valence-corrected chi connectivity index (χ0v) is 9.89. The molecule has 1 aromatic rings. The summed E-state index contributed by atoms with van der Waals surface area (Å²) >= 11 is 1.38. The molecule has 1 aliphatic rings. The van der Waals surface area contributed by atoms with Crippen molar-refractivity contribution in [1.29, 1.82) is 0 Å². The number of ether oxygens (including phenoxy) is 1. The van der Waals surface area contributed by atoms with E-state index >= 15 is 0 Å². The Morgan fingerprint density at radius 2 is 2.47 bits per heavy atom. The average Bonchev–Trinajstić information content (AvgIpc) is 2.75. The van der Waals surface area contributed by atoms with Crippen molar-refractivity contribution in [2.45, 2.75) is 24.7 Å². The zero-order chi connectivity index (χ0) is 10.7. The van der Waals surface area contributed by atoms with Crippen molar-refractivity contribution in [2.75, 3.05) is 12.4 Å². The fraction of sp³-hybridized carbons (Fsp3) is 0.667.